The van der Waals surface area contributed by atoms with Gasteiger partial charge in [-0.2, -0.15) is 0 Å². The molecule has 0 aliphatic rings. The van der Waals surface area contributed by atoms with Gasteiger partial charge in [-0.1, -0.05) is 37.6 Å². The van der Waals surface area contributed by atoms with Crippen LogP contribution in [0.2, 0.25) is 5.02 Å². The van der Waals surface area contributed by atoms with Gasteiger partial charge in [0.2, 0.25) is 0 Å². The normalized spacial score (nSPS) is 10.6. The Kier molecular flexibility index (Phi) is 6.86. The Balaban J connectivity index is 2.04. The number of aryl methyl sites for hydroxylation is 1. The number of hydrogen-bond donors (Lipinski definition) is 1. The molecule has 5 nitrogen and oxygen atoms in total. The topological polar surface area (TPSA) is 58.6 Å². The van der Waals surface area contributed by atoms with Crippen molar-refractivity contribution in [1.29, 1.82) is 0 Å². The molecule has 0 aromatic heterocycles. The van der Waals surface area contributed by atoms with Gasteiger partial charge < -0.3 is 15.0 Å². The molecule has 0 aliphatic carbocycles. The van der Waals surface area contributed by atoms with Gasteiger partial charge in [-0.15, -0.1) is 0 Å². The minimum absolute atomic E-state index is 0.112. The number of rotatable bonds is 6. The fourth-order valence-corrected chi connectivity index (χ4v) is 2.85. The molecule has 2 aromatic carbocycles. The number of anilines is 1. The predicted octanol–water partition coefficient (Wildman–Crippen LogP) is 4.49. The van der Waals surface area contributed by atoms with Gasteiger partial charge in [-0.05, 0) is 48.2 Å². The summed E-state index contributed by atoms with van der Waals surface area (Å²) in [4.78, 5) is 25.7. The standard InChI is InChI=1S/C21H25ClN2O3/c1-13(2)16-8-6-14(3)10-19(16)27-12-20(25)23-15-7-9-17(18(22)11-15)21(26)24(4)5/h6-11,13H,12H2,1-5H3,(H,23,25). The van der Waals surface area contributed by atoms with Crippen molar-refractivity contribution in [3.63, 3.8) is 0 Å². The van der Waals surface area contributed by atoms with E-state index < -0.39 is 0 Å². The number of benzene rings is 2. The number of ether oxygens (including phenoxy) is 1. The van der Waals surface area contributed by atoms with Crippen molar-refractivity contribution in [2.24, 2.45) is 0 Å². The van der Waals surface area contributed by atoms with Crippen LogP contribution in [-0.4, -0.2) is 37.4 Å². The van der Waals surface area contributed by atoms with Gasteiger partial charge in [-0.25, -0.2) is 0 Å². The first kappa shape index (κ1) is 20.8. The second-order valence-corrected chi connectivity index (χ2v) is 7.33. The Morgan fingerprint density at radius 3 is 2.44 bits per heavy atom. The van der Waals surface area contributed by atoms with Crippen molar-refractivity contribution in [3.8, 4) is 5.75 Å². The summed E-state index contributed by atoms with van der Waals surface area (Å²) in [5.74, 6) is 0.519. The highest BCUT2D eigenvalue weighted by molar-refractivity contribution is 6.34. The van der Waals surface area contributed by atoms with Crippen molar-refractivity contribution in [2.75, 3.05) is 26.0 Å². The third-order valence-electron chi connectivity index (χ3n) is 4.04. The zero-order chi connectivity index (χ0) is 20.1. The zero-order valence-electron chi connectivity index (χ0n) is 16.3. The second-order valence-electron chi connectivity index (χ2n) is 6.93. The molecule has 2 amide bonds. The summed E-state index contributed by atoms with van der Waals surface area (Å²) < 4.78 is 5.73. The van der Waals surface area contributed by atoms with Crippen LogP contribution in [0.25, 0.3) is 0 Å². The van der Waals surface area contributed by atoms with Gasteiger partial charge in [0.15, 0.2) is 6.61 Å². The minimum atomic E-state index is -0.297. The fourth-order valence-electron chi connectivity index (χ4n) is 2.59. The molecule has 0 atom stereocenters. The Hall–Kier alpha value is -2.53. The van der Waals surface area contributed by atoms with Crippen LogP contribution in [0.5, 0.6) is 5.75 Å². The van der Waals surface area contributed by atoms with Crippen LogP contribution in [0.3, 0.4) is 0 Å². The Labute approximate surface area is 165 Å². The number of hydrogen-bond acceptors (Lipinski definition) is 3. The van der Waals surface area contributed by atoms with E-state index in [1.165, 1.54) is 4.90 Å². The van der Waals surface area contributed by atoms with Gasteiger partial charge in [0, 0.05) is 19.8 Å². The molecule has 0 spiro atoms. The Morgan fingerprint density at radius 1 is 1.15 bits per heavy atom. The van der Waals surface area contributed by atoms with E-state index in [4.69, 9.17) is 16.3 Å². The van der Waals surface area contributed by atoms with Crippen molar-refractivity contribution in [1.82, 2.24) is 4.90 Å². The molecule has 0 heterocycles. The first-order chi connectivity index (χ1) is 12.7. The first-order valence-electron chi connectivity index (χ1n) is 8.73. The summed E-state index contributed by atoms with van der Waals surface area (Å²) in [6, 6.07) is 10.8. The van der Waals surface area contributed by atoms with Gasteiger partial charge in [0.1, 0.15) is 5.75 Å². The lowest BCUT2D eigenvalue weighted by atomic mass is 10.0. The summed E-state index contributed by atoms with van der Waals surface area (Å²) in [7, 11) is 3.31. The summed E-state index contributed by atoms with van der Waals surface area (Å²) in [5, 5.41) is 3.02. The van der Waals surface area contributed by atoms with Crippen molar-refractivity contribution in [3.05, 3.63) is 58.1 Å². The first-order valence-corrected chi connectivity index (χ1v) is 9.11. The third kappa shape index (κ3) is 5.47. The number of nitrogens with one attached hydrogen (secondary N) is 1. The van der Waals surface area contributed by atoms with E-state index in [0.717, 1.165) is 11.1 Å². The molecule has 1 N–H and O–H groups in total. The zero-order valence-corrected chi connectivity index (χ0v) is 17.1. The molecule has 0 fully saturated rings. The van der Waals surface area contributed by atoms with E-state index >= 15 is 0 Å². The Morgan fingerprint density at radius 2 is 1.85 bits per heavy atom. The lowest BCUT2D eigenvalue weighted by molar-refractivity contribution is -0.118. The van der Waals surface area contributed by atoms with Crippen LogP contribution in [0.1, 0.15) is 41.3 Å². The molecule has 27 heavy (non-hydrogen) atoms. The molecule has 2 aromatic rings. The highest BCUT2D eigenvalue weighted by atomic mass is 35.5. The van der Waals surface area contributed by atoms with Crippen LogP contribution in [0, 0.1) is 6.92 Å². The highest BCUT2D eigenvalue weighted by Crippen LogP contribution is 2.27. The van der Waals surface area contributed by atoms with Gasteiger partial charge in [-0.3, -0.25) is 9.59 Å². The van der Waals surface area contributed by atoms with E-state index in [-0.39, 0.29) is 23.4 Å². The van der Waals surface area contributed by atoms with Crippen LogP contribution in [0.4, 0.5) is 5.69 Å². The van der Waals surface area contributed by atoms with Crippen LogP contribution in [-0.2, 0) is 4.79 Å². The summed E-state index contributed by atoms with van der Waals surface area (Å²) >= 11 is 6.17. The average molecular weight is 389 g/mol. The number of carbonyl (C=O) groups excluding carboxylic acids is 2. The largest absolute Gasteiger partial charge is 0.483 e. The lowest BCUT2D eigenvalue weighted by Crippen LogP contribution is -2.23. The molecule has 144 valence electrons. The third-order valence-corrected chi connectivity index (χ3v) is 4.35. The van der Waals surface area contributed by atoms with Gasteiger partial charge >= 0.3 is 0 Å². The van der Waals surface area contributed by atoms with E-state index in [9.17, 15) is 9.59 Å². The maximum Gasteiger partial charge on any atom is 0.262 e. The Bertz CT molecular complexity index is 847. The molecular weight excluding hydrogens is 364 g/mol. The number of amides is 2. The van der Waals surface area contributed by atoms with Crippen molar-refractivity contribution < 1.29 is 14.3 Å². The summed E-state index contributed by atoms with van der Waals surface area (Å²) in [6.07, 6.45) is 0. The molecule has 0 unspecified atom stereocenters. The lowest BCUT2D eigenvalue weighted by Gasteiger charge is -2.15. The molecule has 6 heteroatoms. The summed E-state index contributed by atoms with van der Waals surface area (Å²) in [6.45, 7) is 6.03. The van der Waals surface area contributed by atoms with Crippen molar-refractivity contribution in [2.45, 2.75) is 26.7 Å². The number of nitrogens with zero attached hydrogens (tertiary/aromatic N) is 1. The number of halogens is 1. The molecule has 0 saturated carbocycles. The smallest absolute Gasteiger partial charge is 0.262 e. The van der Waals surface area contributed by atoms with Crippen LogP contribution in [0.15, 0.2) is 36.4 Å². The molecule has 0 aliphatic heterocycles. The average Bonchev–Trinajstić information content (AvgIpc) is 2.59. The second kappa shape index (κ2) is 8.91. The van der Waals surface area contributed by atoms with Gasteiger partial charge in [0.05, 0.1) is 10.6 Å². The van der Waals surface area contributed by atoms with E-state index in [0.29, 0.717) is 22.9 Å². The molecular formula is C21H25ClN2O3. The van der Waals surface area contributed by atoms with Crippen LogP contribution < -0.4 is 10.1 Å². The summed E-state index contributed by atoms with van der Waals surface area (Å²) in [5.41, 5.74) is 3.03. The molecule has 2 rings (SSSR count). The molecule has 0 radical (unpaired) electrons. The van der Waals surface area contributed by atoms with E-state index in [1.54, 1.807) is 32.3 Å². The predicted molar refractivity (Wildman–Crippen MR) is 109 cm³/mol. The van der Waals surface area contributed by atoms with Crippen molar-refractivity contribution >= 4 is 29.1 Å². The van der Waals surface area contributed by atoms with E-state index in [2.05, 4.69) is 19.2 Å². The monoisotopic (exact) mass is 388 g/mol. The minimum Gasteiger partial charge on any atom is -0.483 e. The molecule has 0 bridgehead atoms. The fraction of sp³-hybridized carbons (Fsp3) is 0.333. The van der Waals surface area contributed by atoms with Crippen LogP contribution >= 0.6 is 11.6 Å². The maximum absolute atomic E-state index is 12.2. The number of carbonyl (C=O) groups is 2. The maximum atomic E-state index is 12.2. The molecule has 0 saturated heterocycles. The highest BCUT2D eigenvalue weighted by Gasteiger charge is 2.14. The SMILES string of the molecule is Cc1ccc(C(C)C)c(OCC(=O)Nc2ccc(C(=O)N(C)C)c(Cl)c2)c1. The van der Waals surface area contributed by atoms with E-state index in [1.807, 2.05) is 25.1 Å². The quantitative estimate of drug-likeness (QED) is 0.793. The van der Waals surface area contributed by atoms with Gasteiger partial charge in [0.25, 0.3) is 11.8 Å².